The van der Waals surface area contributed by atoms with Crippen LogP contribution in [0, 0.1) is 0 Å². The second-order valence-corrected chi connectivity index (χ2v) is 8.83. The van der Waals surface area contributed by atoms with Crippen molar-refractivity contribution in [2.75, 3.05) is 13.4 Å². The van der Waals surface area contributed by atoms with Gasteiger partial charge in [0.25, 0.3) is 5.56 Å². The first-order valence-corrected chi connectivity index (χ1v) is 11.4. The molecule has 0 amide bonds. The molecule has 0 atom stereocenters. The van der Waals surface area contributed by atoms with Gasteiger partial charge in [0.2, 0.25) is 0 Å². The van der Waals surface area contributed by atoms with Crippen LogP contribution < -0.4 is 19.5 Å². The van der Waals surface area contributed by atoms with Gasteiger partial charge in [0, 0.05) is 21.2 Å². The van der Waals surface area contributed by atoms with E-state index in [0.29, 0.717) is 37.2 Å². The van der Waals surface area contributed by atoms with E-state index in [1.165, 1.54) is 22.0 Å². The molecular weight excluding hydrogens is 473 g/mol. The minimum Gasteiger partial charge on any atom is -0.467 e. The highest BCUT2D eigenvalue weighted by molar-refractivity contribution is 7.07. The van der Waals surface area contributed by atoms with Gasteiger partial charge in [-0.3, -0.25) is 9.36 Å². The van der Waals surface area contributed by atoms with Gasteiger partial charge in [-0.1, -0.05) is 41.4 Å². The predicted octanol–water partition coefficient (Wildman–Crippen LogP) is 3.30. The first-order chi connectivity index (χ1) is 15.5. The lowest BCUT2D eigenvalue weighted by Gasteiger charge is -2.21. The Morgan fingerprint density at radius 1 is 1.28 bits per heavy atom. The zero-order valence-electron chi connectivity index (χ0n) is 17.1. The van der Waals surface area contributed by atoms with Gasteiger partial charge in [-0.2, -0.15) is 0 Å². The molecule has 4 rings (SSSR count). The highest BCUT2D eigenvalue weighted by Gasteiger charge is 2.18. The quantitative estimate of drug-likeness (QED) is 0.512. The van der Waals surface area contributed by atoms with Crippen LogP contribution in [0.25, 0.3) is 12.2 Å². The van der Waals surface area contributed by atoms with Crippen LogP contribution in [0.4, 0.5) is 0 Å². The van der Waals surface area contributed by atoms with Crippen LogP contribution in [-0.4, -0.2) is 23.9 Å². The van der Waals surface area contributed by atoms with Gasteiger partial charge in [-0.15, -0.1) is 11.3 Å². The van der Waals surface area contributed by atoms with Crippen molar-refractivity contribution in [3.63, 3.8) is 0 Å². The molecule has 1 aliphatic heterocycles. The van der Waals surface area contributed by atoms with E-state index in [9.17, 15) is 9.59 Å². The molecule has 0 radical (unpaired) electrons. The topological polar surface area (TPSA) is 66.8 Å². The van der Waals surface area contributed by atoms with Gasteiger partial charge in [0.1, 0.15) is 10.4 Å². The summed E-state index contributed by atoms with van der Waals surface area (Å²) in [6.07, 6.45) is 3.03. The summed E-state index contributed by atoms with van der Waals surface area (Å²) < 4.78 is 18.5. The number of fused-ring (bicyclic) bond motifs is 1. The molecule has 0 bridgehead atoms. The molecule has 0 unspecified atom stereocenters. The molecule has 2 aromatic carbocycles. The number of rotatable bonds is 5. The third-order valence-electron chi connectivity index (χ3n) is 4.74. The zero-order chi connectivity index (χ0) is 22.7. The molecule has 9 heteroatoms. The summed E-state index contributed by atoms with van der Waals surface area (Å²) in [4.78, 5) is 25.5. The summed E-state index contributed by atoms with van der Waals surface area (Å²) in [5.41, 5.74) is 1.98. The lowest BCUT2D eigenvalue weighted by atomic mass is 10.1. The Hall–Kier alpha value is -2.58. The summed E-state index contributed by atoms with van der Waals surface area (Å²) in [6.45, 7) is 2.61. The average molecular weight is 492 g/mol. The Morgan fingerprint density at radius 2 is 2.09 bits per heavy atom. The second-order valence-electron chi connectivity index (χ2n) is 6.92. The highest BCUT2D eigenvalue weighted by Crippen LogP contribution is 2.31. The molecule has 0 N–H and O–H groups in total. The van der Waals surface area contributed by atoms with Crippen LogP contribution in [0.5, 0.6) is 5.75 Å². The number of esters is 1. The Bertz CT molecular complexity index is 1350. The molecule has 1 aliphatic rings. The molecule has 1 aromatic heterocycles. The van der Waals surface area contributed by atoms with Crippen molar-refractivity contribution in [2.24, 2.45) is 0 Å². The number of hydrogen-bond donors (Lipinski definition) is 0. The minimum absolute atomic E-state index is 0.119. The molecule has 0 saturated carbocycles. The van der Waals surface area contributed by atoms with Crippen molar-refractivity contribution in [1.29, 1.82) is 0 Å². The van der Waals surface area contributed by atoms with E-state index in [-0.39, 0.29) is 25.5 Å². The van der Waals surface area contributed by atoms with Gasteiger partial charge in [0.15, 0.2) is 6.79 Å². The van der Waals surface area contributed by atoms with Crippen molar-refractivity contribution < 1.29 is 19.0 Å². The molecule has 166 valence electrons. The van der Waals surface area contributed by atoms with E-state index in [2.05, 4.69) is 0 Å². The van der Waals surface area contributed by atoms with E-state index < -0.39 is 5.97 Å². The third-order valence-corrected chi connectivity index (χ3v) is 6.36. The number of hydrogen-bond acceptors (Lipinski definition) is 6. The fourth-order valence-corrected chi connectivity index (χ4v) is 4.83. The van der Waals surface area contributed by atoms with Gasteiger partial charge in [0.05, 0.1) is 30.4 Å². The van der Waals surface area contributed by atoms with Gasteiger partial charge in [-0.25, -0.2) is 4.79 Å². The Morgan fingerprint density at radius 3 is 2.88 bits per heavy atom. The Kier molecular flexibility index (Phi) is 7.01. The molecule has 2 heterocycles. The minimum atomic E-state index is -0.524. The summed E-state index contributed by atoms with van der Waals surface area (Å²) >= 11 is 13.7. The maximum absolute atomic E-state index is 13.3. The summed E-state index contributed by atoms with van der Waals surface area (Å²) in [6, 6.07) is 10.8. The fourth-order valence-electron chi connectivity index (χ4n) is 3.36. The van der Waals surface area contributed by atoms with Gasteiger partial charge >= 0.3 is 5.97 Å². The molecule has 0 saturated heterocycles. The summed E-state index contributed by atoms with van der Waals surface area (Å²) in [5, 5.41) is 1.04. The fraction of sp³-hybridized carbons (Fsp3) is 0.217. The number of benzene rings is 2. The number of halogens is 2. The van der Waals surface area contributed by atoms with Crippen LogP contribution in [0.15, 0.2) is 41.2 Å². The van der Waals surface area contributed by atoms with Crippen molar-refractivity contribution in [1.82, 2.24) is 4.57 Å². The van der Waals surface area contributed by atoms with E-state index in [4.69, 9.17) is 37.4 Å². The van der Waals surface area contributed by atoms with Crippen molar-refractivity contribution in [2.45, 2.75) is 20.1 Å². The third kappa shape index (κ3) is 4.91. The Balaban J connectivity index is 1.87. The standard InChI is InChI=1S/C23H19Cl2NO5S/c1-2-30-21(27)10-20-26(11-15-7-17(24)8-16-12-29-13-31-22(15)16)23(28)19(32-20)9-14-5-3-4-6-18(14)25/h3-10H,2,11-13H2,1H3/b19-9+,20-10-. The number of ether oxygens (including phenoxy) is 3. The number of carbonyl (C=O) groups is 1. The number of nitrogens with zero attached hydrogens (tertiary/aromatic N) is 1. The van der Waals surface area contributed by atoms with E-state index in [0.717, 1.165) is 11.1 Å². The first-order valence-electron chi connectivity index (χ1n) is 9.82. The molecule has 0 spiro atoms. The van der Waals surface area contributed by atoms with Gasteiger partial charge in [-0.05, 0) is 36.8 Å². The number of thiazole rings is 1. The van der Waals surface area contributed by atoms with Gasteiger partial charge < -0.3 is 14.2 Å². The Labute approximate surface area is 197 Å². The van der Waals surface area contributed by atoms with Crippen LogP contribution in [0.1, 0.15) is 23.6 Å². The van der Waals surface area contributed by atoms with Crippen LogP contribution in [-0.2, 0) is 27.4 Å². The number of aromatic nitrogens is 1. The first kappa shape index (κ1) is 22.6. The van der Waals surface area contributed by atoms with E-state index in [1.54, 1.807) is 31.2 Å². The van der Waals surface area contributed by atoms with Crippen LogP contribution in [0.2, 0.25) is 10.0 Å². The summed E-state index contributed by atoms with van der Waals surface area (Å²) in [7, 11) is 0. The smallest absolute Gasteiger partial charge is 0.333 e. The average Bonchev–Trinajstić information content (AvgIpc) is 3.04. The van der Waals surface area contributed by atoms with E-state index >= 15 is 0 Å². The van der Waals surface area contributed by atoms with Crippen molar-refractivity contribution in [3.05, 3.63) is 82.7 Å². The highest BCUT2D eigenvalue weighted by atomic mass is 35.5. The normalized spacial score (nSPS) is 14.2. The maximum atomic E-state index is 13.3. The van der Waals surface area contributed by atoms with Crippen LogP contribution in [0.3, 0.4) is 0 Å². The SMILES string of the molecule is CCOC(=O)/C=c1\s/c(=C/c2ccccc2Cl)c(=O)n1Cc1cc(Cl)cc2c1OCOC2. The van der Waals surface area contributed by atoms with E-state index in [1.807, 2.05) is 18.2 Å². The maximum Gasteiger partial charge on any atom is 0.333 e. The monoisotopic (exact) mass is 491 g/mol. The molecular formula is C23H19Cl2NO5S. The molecule has 32 heavy (non-hydrogen) atoms. The van der Waals surface area contributed by atoms with Crippen molar-refractivity contribution >= 4 is 52.7 Å². The second kappa shape index (κ2) is 9.92. The summed E-state index contributed by atoms with van der Waals surface area (Å²) in [5.74, 6) is 0.113. The predicted molar refractivity (Wildman–Crippen MR) is 125 cm³/mol. The molecule has 3 aromatic rings. The zero-order valence-corrected chi connectivity index (χ0v) is 19.4. The molecule has 0 fully saturated rings. The molecule has 0 aliphatic carbocycles. The lowest BCUT2D eigenvalue weighted by molar-refractivity contribution is -0.135. The van der Waals surface area contributed by atoms with Crippen LogP contribution >= 0.6 is 34.5 Å². The van der Waals surface area contributed by atoms with Crippen molar-refractivity contribution in [3.8, 4) is 5.75 Å². The largest absolute Gasteiger partial charge is 0.467 e. The molecule has 6 nitrogen and oxygen atoms in total. The number of carbonyl (C=O) groups excluding carboxylic acids is 1. The lowest BCUT2D eigenvalue weighted by Crippen LogP contribution is -2.32.